The standard InChI is InChI=1S/C17H26N2O.2ClH/c1-14-6-8-15(9-7-14)10-11-17(20)16(12-18(2)3)13-19(4)5;;/h6-11,16H,12-13H2,1-5H3;2*1H/b11-10+;;. The van der Waals surface area contributed by atoms with E-state index in [9.17, 15) is 4.79 Å². The molecule has 0 atom stereocenters. The third-order valence-electron chi connectivity index (χ3n) is 3.09. The van der Waals surface area contributed by atoms with E-state index in [1.807, 2.05) is 46.4 Å². The minimum Gasteiger partial charge on any atom is -0.309 e. The molecule has 126 valence electrons. The first-order valence-electron chi connectivity index (χ1n) is 6.96. The third-order valence-corrected chi connectivity index (χ3v) is 3.09. The minimum atomic E-state index is 0. The molecule has 0 aromatic heterocycles. The Labute approximate surface area is 147 Å². The van der Waals surface area contributed by atoms with Crippen LogP contribution in [0.5, 0.6) is 0 Å². The quantitative estimate of drug-likeness (QED) is 0.708. The zero-order chi connectivity index (χ0) is 15.1. The van der Waals surface area contributed by atoms with Gasteiger partial charge in [0, 0.05) is 19.0 Å². The maximum absolute atomic E-state index is 12.3. The Balaban J connectivity index is 0. The summed E-state index contributed by atoms with van der Waals surface area (Å²) >= 11 is 0. The summed E-state index contributed by atoms with van der Waals surface area (Å²) < 4.78 is 0. The second kappa shape index (κ2) is 11.7. The molecule has 0 N–H and O–H groups in total. The maximum atomic E-state index is 12.3. The molecular formula is C17H28Cl2N2O. The first-order valence-corrected chi connectivity index (χ1v) is 6.96. The van der Waals surface area contributed by atoms with Crippen LogP contribution in [-0.2, 0) is 4.79 Å². The van der Waals surface area contributed by atoms with E-state index in [1.165, 1.54) is 5.56 Å². The Morgan fingerprint density at radius 3 is 1.86 bits per heavy atom. The van der Waals surface area contributed by atoms with E-state index in [-0.39, 0.29) is 36.5 Å². The summed E-state index contributed by atoms with van der Waals surface area (Å²) in [6, 6.07) is 8.18. The van der Waals surface area contributed by atoms with Crippen molar-refractivity contribution >= 4 is 36.7 Å². The number of carbonyl (C=O) groups is 1. The lowest BCUT2D eigenvalue weighted by Gasteiger charge is -2.22. The molecule has 0 fully saturated rings. The number of ketones is 1. The van der Waals surface area contributed by atoms with E-state index >= 15 is 0 Å². The Kier molecular flexibility index (Phi) is 12.4. The highest BCUT2D eigenvalue weighted by Gasteiger charge is 2.17. The van der Waals surface area contributed by atoms with E-state index in [4.69, 9.17) is 0 Å². The van der Waals surface area contributed by atoms with Crippen LogP contribution in [0, 0.1) is 12.8 Å². The number of hydrogen-bond acceptors (Lipinski definition) is 3. The summed E-state index contributed by atoms with van der Waals surface area (Å²) in [6.45, 7) is 3.60. The van der Waals surface area contributed by atoms with Crippen molar-refractivity contribution in [3.63, 3.8) is 0 Å². The zero-order valence-corrected chi connectivity index (χ0v) is 15.7. The Morgan fingerprint density at radius 1 is 1.00 bits per heavy atom. The largest absolute Gasteiger partial charge is 0.309 e. The van der Waals surface area contributed by atoms with E-state index in [0.717, 1.165) is 18.7 Å². The highest BCUT2D eigenvalue weighted by atomic mass is 35.5. The van der Waals surface area contributed by atoms with Crippen LogP contribution in [0.2, 0.25) is 0 Å². The van der Waals surface area contributed by atoms with Crippen molar-refractivity contribution in [1.82, 2.24) is 9.80 Å². The predicted octanol–water partition coefficient (Wildman–Crippen LogP) is 3.16. The van der Waals surface area contributed by atoms with Gasteiger partial charge in [-0.25, -0.2) is 0 Å². The number of nitrogens with zero attached hydrogens (tertiary/aromatic N) is 2. The van der Waals surface area contributed by atoms with Crippen LogP contribution in [0.25, 0.3) is 6.08 Å². The Hall–Kier alpha value is -0.870. The van der Waals surface area contributed by atoms with Crippen molar-refractivity contribution in [2.24, 2.45) is 5.92 Å². The summed E-state index contributed by atoms with van der Waals surface area (Å²) in [5, 5.41) is 0. The topological polar surface area (TPSA) is 23.6 Å². The molecular weight excluding hydrogens is 319 g/mol. The van der Waals surface area contributed by atoms with Gasteiger partial charge in [0.1, 0.15) is 0 Å². The van der Waals surface area contributed by atoms with Crippen LogP contribution >= 0.6 is 24.8 Å². The summed E-state index contributed by atoms with van der Waals surface area (Å²) in [5.41, 5.74) is 2.30. The van der Waals surface area contributed by atoms with Crippen molar-refractivity contribution in [3.05, 3.63) is 41.5 Å². The van der Waals surface area contributed by atoms with Gasteiger partial charge in [0.2, 0.25) is 0 Å². The monoisotopic (exact) mass is 346 g/mol. The highest BCUT2D eigenvalue weighted by Crippen LogP contribution is 2.08. The average Bonchev–Trinajstić information content (AvgIpc) is 2.36. The fourth-order valence-corrected chi connectivity index (χ4v) is 2.11. The van der Waals surface area contributed by atoms with Gasteiger partial charge in [-0.15, -0.1) is 24.8 Å². The van der Waals surface area contributed by atoms with Gasteiger partial charge in [0.25, 0.3) is 0 Å². The smallest absolute Gasteiger partial charge is 0.161 e. The van der Waals surface area contributed by atoms with E-state index in [2.05, 4.69) is 28.9 Å². The van der Waals surface area contributed by atoms with Gasteiger partial charge in [0.15, 0.2) is 5.78 Å². The molecule has 0 unspecified atom stereocenters. The van der Waals surface area contributed by atoms with E-state index in [1.54, 1.807) is 6.08 Å². The lowest BCUT2D eigenvalue weighted by atomic mass is 10.0. The Morgan fingerprint density at radius 2 is 1.45 bits per heavy atom. The molecule has 0 aliphatic heterocycles. The van der Waals surface area contributed by atoms with Gasteiger partial charge in [-0.2, -0.15) is 0 Å². The normalized spacial score (nSPS) is 10.9. The maximum Gasteiger partial charge on any atom is 0.161 e. The second-order valence-corrected chi connectivity index (χ2v) is 5.87. The lowest BCUT2D eigenvalue weighted by Crippen LogP contribution is -2.34. The number of carbonyl (C=O) groups excluding carboxylic acids is 1. The molecule has 1 aromatic rings. The first-order chi connectivity index (χ1) is 9.38. The van der Waals surface area contributed by atoms with Gasteiger partial charge in [-0.3, -0.25) is 4.79 Å². The van der Waals surface area contributed by atoms with Gasteiger partial charge >= 0.3 is 0 Å². The van der Waals surface area contributed by atoms with Gasteiger partial charge in [-0.05, 0) is 46.8 Å². The molecule has 0 amide bonds. The summed E-state index contributed by atoms with van der Waals surface area (Å²) in [5.74, 6) is 0.203. The molecule has 22 heavy (non-hydrogen) atoms. The van der Waals surface area contributed by atoms with Crippen LogP contribution in [0.4, 0.5) is 0 Å². The number of hydrogen-bond donors (Lipinski definition) is 0. The second-order valence-electron chi connectivity index (χ2n) is 5.87. The number of aryl methyl sites for hydroxylation is 1. The van der Waals surface area contributed by atoms with Crippen LogP contribution in [0.3, 0.4) is 0 Å². The fraction of sp³-hybridized carbons (Fsp3) is 0.471. The molecule has 0 heterocycles. The van der Waals surface area contributed by atoms with Crippen LogP contribution in [-0.4, -0.2) is 56.9 Å². The van der Waals surface area contributed by atoms with Crippen molar-refractivity contribution in [3.8, 4) is 0 Å². The lowest BCUT2D eigenvalue weighted by molar-refractivity contribution is -0.119. The van der Waals surface area contributed by atoms with Crippen LogP contribution < -0.4 is 0 Å². The van der Waals surface area contributed by atoms with E-state index in [0.29, 0.717) is 0 Å². The zero-order valence-electron chi connectivity index (χ0n) is 14.1. The number of allylic oxidation sites excluding steroid dienone is 1. The molecule has 1 rings (SSSR count). The van der Waals surface area contributed by atoms with Crippen molar-refractivity contribution < 1.29 is 4.79 Å². The van der Waals surface area contributed by atoms with Crippen LogP contribution in [0.15, 0.2) is 30.3 Å². The predicted molar refractivity (Wildman–Crippen MR) is 100 cm³/mol. The Bertz CT molecular complexity index is 446. The number of benzene rings is 1. The van der Waals surface area contributed by atoms with Crippen molar-refractivity contribution in [1.29, 1.82) is 0 Å². The summed E-state index contributed by atoms with van der Waals surface area (Å²) in [6.07, 6.45) is 3.61. The van der Waals surface area contributed by atoms with Crippen molar-refractivity contribution in [2.75, 3.05) is 41.3 Å². The SMILES string of the molecule is Cc1ccc(/C=C/C(=O)C(CN(C)C)CN(C)C)cc1.Cl.Cl. The number of rotatable bonds is 7. The van der Waals surface area contributed by atoms with Crippen LogP contribution in [0.1, 0.15) is 11.1 Å². The molecule has 0 radical (unpaired) electrons. The van der Waals surface area contributed by atoms with Gasteiger partial charge in [-0.1, -0.05) is 35.9 Å². The molecule has 1 aromatic carbocycles. The molecule has 3 nitrogen and oxygen atoms in total. The molecule has 0 saturated heterocycles. The summed E-state index contributed by atoms with van der Waals surface area (Å²) in [4.78, 5) is 16.4. The van der Waals surface area contributed by atoms with E-state index < -0.39 is 0 Å². The molecule has 0 saturated carbocycles. The van der Waals surface area contributed by atoms with Gasteiger partial charge in [0.05, 0.1) is 0 Å². The van der Waals surface area contributed by atoms with Gasteiger partial charge < -0.3 is 9.80 Å². The molecule has 5 heteroatoms. The highest BCUT2D eigenvalue weighted by molar-refractivity contribution is 5.95. The molecule has 0 bridgehead atoms. The minimum absolute atomic E-state index is 0. The number of halogens is 2. The summed E-state index contributed by atoms with van der Waals surface area (Å²) in [7, 11) is 8.00. The fourth-order valence-electron chi connectivity index (χ4n) is 2.11. The third kappa shape index (κ3) is 9.21. The molecule has 0 aliphatic carbocycles. The molecule has 0 aliphatic rings. The average molecular weight is 347 g/mol. The van der Waals surface area contributed by atoms with Crippen molar-refractivity contribution in [2.45, 2.75) is 6.92 Å². The molecule has 0 spiro atoms. The first kappa shape index (κ1) is 23.4.